The molecule has 2 nitrogen and oxygen atoms in total. The van der Waals surface area contributed by atoms with E-state index in [2.05, 4.69) is 56.2 Å². The van der Waals surface area contributed by atoms with Gasteiger partial charge >= 0.3 is 0 Å². The third kappa shape index (κ3) is 2.25. The lowest BCUT2D eigenvalue weighted by Gasteiger charge is -2.23. The molecule has 2 rings (SSSR count). The summed E-state index contributed by atoms with van der Waals surface area (Å²) in [7, 11) is 2.16. The Kier molecular flexibility index (Phi) is 2.37. The van der Waals surface area contributed by atoms with Gasteiger partial charge in [0.15, 0.2) is 0 Å². The Balaban J connectivity index is 2.24. The average molecular weight is 204 g/mol. The maximum atomic E-state index is 3.51. The summed E-state index contributed by atoms with van der Waals surface area (Å²) < 4.78 is 0. The van der Waals surface area contributed by atoms with Gasteiger partial charge in [-0.05, 0) is 51.0 Å². The van der Waals surface area contributed by atoms with Gasteiger partial charge in [-0.3, -0.25) is 0 Å². The van der Waals surface area contributed by atoms with Gasteiger partial charge in [0.05, 0.1) is 0 Å². The number of hydrogen-bond donors (Lipinski definition) is 1. The van der Waals surface area contributed by atoms with Crippen LogP contribution in [0.5, 0.6) is 0 Å². The fraction of sp³-hybridized carbons (Fsp3) is 0.538. The van der Waals surface area contributed by atoms with Crippen molar-refractivity contribution >= 4 is 11.4 Å². The SMILES string of the molecule is CN1CCc2cc(NC(C)(C)C)ccc21. The highest BCUT2D eigenvalue weighted by molar-refractivity contribution is 5.64. The molecule has 0 atom stereocenters. The highest BCUT2D eigenvalue weighted by Gasteiger charge is 2.16. The predicted molar refractivity (Wildman–Crippen MR) is 66.8 cm³/mol. The lowest BCUT2D eigenvalue weighted by atomic mass is 10.1. The lowest BCUT2D eigenvalue weighted by Crippen LogP contribution is -2.26. The summed E-state index contributed by atoms with van der Waals surface area (Å²) in [6, 6.07) is 6.67. The number of nitrogens with zero attached hydrogens (tertiary/aromatic N) is 1. The summed E-state index contributed by atoms with van der Waals surface area (Å²) >= 11 is 0. The molecule has 0 saturated carbocycles. The highest BCUT2D eigenvalue weighted by atomic mass is 15.1. The lowest BCUT2D eigenvalue weighted by molar-refractivity contribution is 0.634. The van der Waals surface area contributed by atoms with Crippen LogP contribution in [-0.4, -0.2) is 19.1 Å². The molecule has 1 aliphatic rings. The van der Waals surface area contributed by atoms with Crippen molar-refractivity contribution in [3.8, 4) is 0 Å². The summed E-state index contributed by atoms with van der Waals surface area (Å²) in [5.41, 5.74) is 4.22. The molecule has 0 bridgehead atoms. The van der Waals surface area contributed by atoms with Crippen molar-refractivity contribution in [1.29, 1.82) is 0 Å². The second-order valence-corrected chi connectivity index (χ2v) is 5.39. The fourth-order valence-corrected chi connectivity index (χ4v) is 2.08. The van der Waals surface area contributed by atoms with E-state index in [4.69, 9.17) is 0 Å². The molecule has 1 aromatic rings. The molecule has 0 fully saturated rings. The van der Waals surface area contributed by atoms with E-state index in [0.717, 1.165) is 6.54 Å². The van der Waals surface area contributed by atoms with E-state index in [1.807, 2.05) is 0 Å². The van der Waals surface area contributed by atoms with Gasteiger partial charge in [-0.25, -0.2) is 0 Å². The maximum absolute atomic E-state index is 3.51. The molecule has 0 spiro atoms. The van der Waals surface area contributed by atoms with E-state index in [0.29, 0.717) is 0 Å². The van der Waals surface area contributed by atoms with Gasteiger partial charge in [0.25, 0.3) is 0 Å². The van der Waals surface area contributed by atoms with Crippen LogP contribution in [0, 0.1) is 0 Å². The largest absolute Gasteiger partial charge is 0.380 e. The van der Waals surface area contributed by atoms with Crippen LogP contribution in [0.3, 0.4) is 0 Å². The molecule has 0 amide bonds. The molecular formula is C13H20N2. The van der Waals surface area contributed by atoms with Gasteiger partial charge in [-0.2, -0.15) is 0 Å². The minimum atomic E-state index is 0.138. The Labute approximate surface area is 92.3 Å². The first-order valence-electron chi connectivity index (χ1n) is 5.58. The third-order valence-electron chi connectivity index (χ3n) is 2.73. The molecule has 1 N–H and O–H groups in total. The van der Waals surface area contributed by atoms with Crippen molar-refractivity contribution in [2.75, 3.05) is 23.8 Å². The van der Waals surface area contributed by atoms with E-state index in [9.17, 15) is 0 Å². The minimum absolute atomic E-state index is 0.138. The molecule has 0 aliphatic carbocycles. The molecule has 0 radical (unpaired) electrons. The molecule has 82 valence electrons. The van der Waals surface area contributed by atoms with E-state index in [1.54, 1.807) is 0 Å². The molecule has 0 saturated heterocycles. The molecule has 1 aliphatic heterocycles. The number of likely N-dealkylation sites (N-methyl/N-ethyl adjacent to an activating group) is 1. The third-order valence-corrected chi connectivity index (χ3v) is 2.73. The summed E-state index contributed by atoms with van der Waals surface area (Å²) in [6.07, 6.45) is 1.17. The number of fused-ring (bicyclic) bond motifs is 1. The van der Waals surface area contributed by atoms with Crippen LogP contribution in [-0.2, 0) is 6.42 Å². The first-order chi connectivity index (χ1) is 6.96. The van der Waals surface area contributed by atoms with Crippen LogP contribution in [0.2, 0.25) is 0 Å². The Morgan fingerprint density at radius 1 is 1.27 bits per heavy atom. The van der Waals surface area contributed by atoms with Gasteiger partial charge in [0, 0.05) is 30.5 Å². The second-order valence-electron chi connectivity index (χ2n) is 5.39. The molecule has 1 aromatic carbocycles. The van der Waals surface area contributed by atoms with Crippen molar-refractivity contribution in [1.82, 2.24) is 0 Å². The van der Waals surface area contributed by atoms with E-state index >= 15 is 0 Å². The number of nitrogens with one attached hydrogen (secondary N) is 1. The Hall–Kier alpha value is -1.18. The van der Waals surface area contributed by atoms with Gasteiger partial charge < -0.3 is 10.2 Å². The Bertz CT molecular complexity index is 363. The van der Waals surface area contributed by atoms with E-state index in [1.165, 1.54) is 23.4 Å². The maximum Gasteiger partial charge on any atom is 0.0398 e. The monoisotopic (exact) mass is 204 g/mol. The molecule has 1 heterocycles. The topological polar surface area (TPSA) is 15.3 Å². The smallest absolute Gasteiger partial charge is 0.0398 e. The van der Waals surface area contributed by atoms with Crippen LogP contribution >= 0.6 is 0 Å². The predicted octanol–water partition coefficient (Wildman–Crippen LogP) is 2.89. The molecule has 0 unspecified atom stereocenters. The van der Waals surface area contributed by atoms with Gasteiger partial charge in [-0.15, -0.1) is 0 Å². The van der Waals surface area contributed by atoms with E-state index < -0.39 is 0 Å². The summed E-state index contributed by atoms with van der Waals surface area (Å²) in [6.45, 7) is 7.71. The number of benzene rings is 1. The quantitative estimate of drug-likeness (QED) is 0.756. The number of hydrogen-bond acceptors (Lipinski definition) is 2. The second kappa shape index (κ2) is 3.44. The summed E-state index contributed by atoms with van der Waals surface area (Å²) in [4.78, 5) is 2.32. The standard InChI is InChI=1S/C13H20N2/c1-13(2,3)14-11-5-6-12-10(9-11)7-8-15(12)4/h5-6,9,14H,7-8H2,1-4H3. The summed E-state index contributed by atoms with van der Waals surface area (Å²) in [5.74, 6) is 0. The van der Waals surface area contributed by atoms with Crippen LogP contribution in [0.4, 0.5) is 11.4 Å². The first kappa shape index (κ1) is 10.3. The van der Waals surface area contributed by atoms with E-state index in [-0.39, 0.29) is 5.54 Å². The van der Waals surface area contributed by atoms with Gasteiger partial charge in [-0.1, -0.05) is 0 Å². The van der Waals surface area contributed by atoms with Crippen LogP contribution in [0.1, 0.15) is 26.3 Å². The molecule has 2 heteroatoms. The van der Waals surface area contributed by atoms with Crippen molar-refractivity contribution in [2.45, 2.75) is 32.7 Å². The average Bonchev–Trinajstić information content (AvgIpc) is 2.45. The molecule has 0 aromatic heterocycles. The number of anilines is 2. The van der Waals surface area contributed by atoms with Crippen molar-refractivity contribution in [2.24, 2.45) is 0 Å². The van der Waals surface area contributed by atoms with Crippen LogP contribution in [0.15, 0.2) is 18.2 Å². The van der Waals surface area contributed by atoms with Gasteiger partial charge in [0.1, 0.15) is 0 Å². The Morgan fingerprint density at radius 3 is 2.67 bits per heavy atom. The first-order valence-corrected chi connectivity index (χ1v) is 5.58. The van der Waals surface area contributed by atoms with Crippen molar-refractivity contribution in [3.05, 3.63) is 23.8 Å². The van der Waals surface area contributed by atoms with Crippen LogP contribution in [0.25, 0.3) is 0 Å². The zero-order valence-corrected chi connectivity index (χ0v) is 10.1. The zero-order chi connectivity index (χ0) is 11.1. The highest BCUT2D eigenvalue weighted by Crippen LogP contribution is 2.29. The number of rotatable bonds is 1. The zero-order valence-electron chi connectivity index (χ0n) is 10.1. The Morgan fingerprint density at radius 2 is 2.00 bits per heavy atom. The summed E-state index contributed by atoms with van der Waals surface area (Å²) in [5, 5.41) is 3.51. The molecule has 15 heavy (non-hydrogen) atoms. The minimum Gasteiger partial charge on any atom is -0.380 e. The normalized spacial score (nSPS) is 15.3. The van der Waals surface area contributed by atoms with Crippen LogP contribution < -0.4 is 10.2 Å². The fourth-order valence-electron chi connectivity index (χ4n) is 2.08. The van der Waals surface area contributed by atoms with Crippen molar-refractivity contribution < 1.29 is 0 Å². The van der Waals surface area contributed by atoms with Crippen molar-refractivity contribution in [3.63, 3.8) is 0 Å². The molecular weight excluding hydrogens is 184 g/mol. The van der Waals surface area contributed by atoms with Gasteiger partial charge in [0.2, 0.25) is 0 Å².